The van der Waals surface area contributed by atoms with Crippen LogP contribution < -0.4 is 0 Å². The van der Waals surface area contributed by atoms with E-state index in [0.717, 1.165) is 11.8 Å². The molecule has 4 aliphatic carbocycles. The maximum atomic E-state index is 11.6. The van der Waals surface area contributed by atoms with E-state index in [9.17, 15) is 4.79 Å². The Balaban J connectivity index is 1.70. The van der Waals surface area contributed by atoms with E-state index >= 15 is 0 Å². The Morgan fingerprint density at radius 1 is 1.00 bits per heavy atom. The summed E-state index contributed by atoms with van der Waals surface area (Å²) in [6.07, 6.45) is 6.74. The highest BCUT2D eigenvalue weighted by molar-refractivity contribution is 5.70. The van der Waals surface area contributed by atoms with E-state index in [1.807, 2.05) is 0 Å². The van der Waals surface area contributed by atoms with Crippen molar-refractivity contribution in [2.75, 3.05) is 6.61 Å². The van der Waals surface area contributed by atoms with Crippen molar-refractivity contribution in [3.05, 3.63) is 0 Å². The smallest absolute Gasteiger partial charge is 0.310 e. The second kappa shape index (κ2) is 3.00. The molecule has 88 valence electrons. The summed E-state index contributed by atoms with van der Waals surface area (Å²) < 4.78 is 11.7. The third-order valence-electron chi connectivity index (χ3n) is 5.18. The minimum atomic E-state index is -0.497. The van der Waals surface area contributed by atoms with Crippen LogP contribution in [-0.4, -0.2) is 18.4 Å². The van der Waals surface area contributed by atoms with Crippen molar-refractivity contribution in [1.29, 1.82) is 0 Å². The summed E-state index contributed by atoms with van der Waals surface area (Å²) in [5.41, 5.74) is 0. The Bertz CT molecular complexity index is 308. The van der Waals surface area contributed by atoms with Crippen molar-refractivity contribution in [2.45, 2.75) is 44.3 Å². The summed E-state index contributed by atoms with van der Waals surface area (Å²) in [5.74, 6) is 2.22. The van der Waals surface area contributed by atoms with E-state index in [-0.39, 0.29) is 5.97 Å². The van der Waals surface area contributed by atoms with Crippen LogP contribution in [0.1, 0.15) is 38.5 Å². The van der Waals surface area contributed by atoms with Gasteiger partial charge in [0, 0.05) is 11.8 Å². The fourth-order valence-electron chi connectivity index (χ4n) is 4.80. The van der Waals surface area contributed by atoms with Crippen LogP contribution in [-0.2, 0) is 14.3 Å². The van der Waals surface area contributed by atoms with E-state index < -0.39 is 5.79 Å². The molecule has 0 aromatic rings. The topological polar surface area (TPSA) is 35.5 Å². The molecule has 4 bridgehead atoms. The third kappa shape index (κ3) is 1.10. The van der Waals surface area contributed by atoms with Gasteiger partial charge in [0.05, 0.1) is 13.0 Å². The van der Waals surface area contributed by atoms with Crippen molar-refractivity contribution in [3.8, 4) is 0 Å². The predicted octanol–water partition coefficient (Wildman–Crippen LogP) is 2.10. The largest absolute Gasteiger partial charge is 0.432 e. The molecular weight excluding hydrogens is 204 g/mol. The lowest BCUT2D eigenvalue weighted by atomic mass is 9.53. The van der Waals surface area contributed by atoms with Gasteiger partial charge in [0.15, 0.2) is 0 Å². The van der Waals surface area contributed by atoms with Crippen LogP contribution >= 0.6 is 0 Å². The molecule has 0 radical (unpaired) electrons. The third-order valence-corrected chi connectivity index (χ3v) is 5.18. The van der Waals surface area contributed by atoms with Crippen LogP contribution in [0.15, 0.2) is 0 Å². The maximum absolute atomic E-state index is 11.6. The lowest BCUT2D eigenvalue weighted by Crippen LogP contribution is -2.62. The fraction of sp³-hybridized carbons (Fsp3) is 0.923. The van der Waals surface area contributed by atoms with Crippen LogP contribution in [0.2, 0.25) is 0 Å². The Morgan fingerprint density at radius 2 is 1.62 bits per heavy atom. The molecule has 3 heteroatoms. The first-order valence-electron chi connectivity index (χ1n) is 6.62. The molecule has 5 rings (SSSR count). The molecular formula is C13H18O3. The van der Waals surface area contributed by atoms with Gasteiger partial charge in [-0.3, -0.25) is 4.79 Å². The Hall–Kier alpha value is -0.570. The monoisotopic (exact) mass is 222 g/mol. The summed E-state index contributed by atoms with van der Waals surface area (Å²) in [6, 6.07) is 0. The molecule has 0 atom stereocenters. The second-order valence-corrected chi connectivity index (χ2v) is 6.10. The summed E-state index contributed by atoms with van der Waals surface area (Å²) in [7, 11) is 0. The first-order valence-corrected chi connectivity index (χ1v) is 6.62. The van der Waals surface area contributed by atoms with Gasteiger partial charge in [-0.2, -0.15) is 0 Å². The highest BCUT2D eigenvalue weighted by Gasteiger charge is 2.61. The number of ether oxygens (including phenoxy) is 2. The predicted molar refractivity (Wildman–Crippen MR) is 56.4 cm³/mol. The standard InChI is InChI=1S/C13H18O3/c14-12-1-2-15-13(16-12)10-4-8-3-9(6-10)7-11(13)5-8/h8-11H,1-7H2. The van der Waals surface area contributed by atoms with Crippen molar-refractivity contribution < 1.29 is 14.3 Å². The van der Waals surface area contributed by atoms with E-state index in [4.69, 9.17) is 9.47 Å². The molecule has 0 unspecified atom stereocenters. The normalized spacial score (nSPS) is 54.4. The SMILES string of the molecule is O=C1CCOC2(O1)C1CC3CC(C1)CC2C3. The zero-order chi connectivity index (χ0) is 10.8. The maximum Gasteiger partial charge on any atom is 0.310 e. The zero-order valence-corrected chi connectivity index (χ0v) is 9.48. The molecule has 1 aliphatic heterocycles. The van der Waals surface area contributed by atoms with Gasteiger partial charge < -0.3 is 9.47 Å². The molecule has 0 aromatic heterocycles. The quantitative estimate of drug-likeness (QED) is 0.589. The number of rotatable bonds is 0. The number of carbonyl (C=O) groups is 1. The number of esters is 1. The van der Waals surface area contributed by atoms with Crippen LogP contribution in [0.5, 0.6) is 0 Å². The molecule has 5 aliphatic rings. The fourth-order valence-corrected chi connectivity index (χ4v) is 4.80. The summed E-state index contributed by atoms with van der Waals surface area (Å²) in [5, 5.41) is 0. The number of carbonyl (C=O) groups excluding carboxylic acids is 1. The van der Waals surface area contributed by atoms with Gasteiger partial charge in [-0.15, -0.1) is 0 Å². The van der Waals surface area contributed by atoms with Gasteiger partial charge in [-0.1, -0.05) is 0 Å². The molecule has 4 saturated carbocycles. The van der Waals surface area contributed by atoms with E-state index in [1.54, 1.807) is 0 Å². The lowest BCUT2D eigenvalue weighted by molar-refractivity contribution is -0.336. The number of hydrogen-bond acceptors (Lipinski definition) is 3. The van der Waals surface area contributed by atoms with Crippen LogP contribution in [0.4, 0.5) is 0 Å². The highest BCUT2D eigenvalue weighted by Crippen LogP contribution is 2.60. The molecule has 16 heavy (non-hydrogen) atoms. The van der Waals surface area contributed by atoms with Gasteiger partial charge in [-0.25, -0.2) is 0 Å². The first-order chi connectivity index (χ1) is 7.76. The average Bonchev–Trinajstić information content (AvgIpc) is 2.25. The van der Waals surface area contributed by atoms with Gasteiger partial charge in [0.25, 0.3) is 0 Å². The molecule has 3 nitrogen and oxygen atoms in total. The van der Waals surface area contributed by atoms with Crippen molar-refractivity contribution in [2.24, 2.45) is 23.7 Å². The van der Waals surface area contributed by atoms with E-state index in [2.05, 4.69) is 0 Å². The Kier molecular flexibility index (Phi) is 1.78. The minimum absolute atomic E-state index is 0.0428. The Labute approximate surface area is 95.5 Å². The highest BCUT2D eigenvalue weighted by atomic mass is 16.7. The van der Waals surface area contributed by atoms with E-state index in [0.29, 0.717) is 24.9 Å². The molecule has 1 spiro atoms. The summed E-state index contributed by atoms with van der Waals surface area (Å²) in [4.78, 5) is 11.6. The van der Waals surface area contributed by atoms with Crippen molar-refractivity contribution in [1.82, 2.24) is 0 Å². The summed E-state index contributed by atoms with van der Waals surface area (Å²) >= 11 is 0. The van der Waals surface area contributed by atoms with Gasteiger partial charge in [-0.05, 0) is 43.9 Å². The molecule has 5 fully saturated rings. The molecule has 1 saturated heterocycles. The second-order valence-electron chi connectivity index (χ2n) is 6.10. The average molecular weight is 222 g/mol. The van der Waals surface area contributed by atoms with Crippen LogP contribution in [0.3, 0.4) is 0 Å². The van der Waals surface area contributed by atoms with E-state index in [1.165, 1.54) is 32.1 Å². The zero-order valence-electron chi connectivity index (χ0n) is 9.48. The summed E-state index contributed by atoms with van der Waals surface area (Å²) in [6.45, 7) is 0.571. The Morgan fingerprint density at radius 3 is 2.19 bits per heavy atom. The molecule has 0 aromatic carbocycles. The van der Waals surface area contributed by atoms with Crippen LogP contribution in [0.25, 0.3) is 0 Å². The van der Waals surface area contributed by atoms with Gasteiger partial charge in [0.1, 0.15) is 0 Å². The lowest BCUT2D eigenvalue weighted by Gasteiger charge is -2.60. The first kappa shape index (κ1) is 9.46. The van der Waals surface area contributed by atoms with Crippen LogP contribution in [0, 0.1) is 23.7 Å². The minimum Gasteiger partial charge on any atom is -0.432 e. The molecule has 0 amide bonds. The van der Waals surface area contributed by atoms with Gasteiger partial charge in [0.2, 0.25) is 5.79 Å². The molecule has 1 heterocycles. The van der Waals surface area contributed by atoms with Crippen molar-refractivity contribution >= 4 is 5.97 Å². The number of hydrogen-bond donors (Lipinski definition) is 0. The molecule has 0 N–H and O–H groups in total. The van der Waals surface area contributed by atoms with Gasteiger partial charge >= 0.3 is 5.97 Å². The van der Waals surface area contributed by atoms with Crippen molar-refractivity contribution in [3.63, 3.8) is 0 Å².